The van der Waals surface area contributed by atoms with Gasteiger partial charge in [-0.15, -0.1) is 0 Å². The number of rotatable bonds is 7. The fourth-order valence-corrected chi connectivity index (χ4v) is 3.06. The second kappa shape index (κ2) is 18.3. The number of carboxylic acids is 1. The summed E-state index contributed by atoms with van der Waals surface area (Å²) in [5.74, 6) is -1.05. The quantitative estimate of drug-likeness (QED) is 0.218. The zero-order chi connectivity index (χ0) is 28.4. The van der Waals surface area contributed by atoms with Gasteiger partial charge >= 0.3 is 5.97 Å². The number of hydrogen-bond donors (Lipinski definition) is 4. The maximum atomic E-state index is 12.4. The molecule has 0 unspecified atom stereocenters. The first-order chi connectivity index (χ1) is 17.8. The van der Waals surface area contributed by atoms with Gasteiger partial charge in [0.15, 0.2) is 0 Å². The highest BCUT2D eigenvalue weighted by molar-refractivity contribution is 5.94. The SMILES string of the molecule is CC.CC.CC.Cc1ccc(CCC(=N)n2ccc(C(=O)NCc3ccc(C(=O)O)cc3)cc2=N)cc1. The molecular weight excluding hydrogens is 464 g/mol. The number of hydrogen-bond acceptors (Lipinski definition) is 4. The molecule has 0 fully saturated rings. The molecule has 2 aromatic carbocycles. The van der Waals surface area contributed by atoms with Crippen LogP contribution in [0.3, 0.4) is 0 Å². The molecule has 0 atom stereocenters. The molecule has 0 aliphatic carbocycles. The lowest BCUT2D eigenvalue weighted by molar-refractivity contribution is 0.0696. The summed E-state index contributed by atoms with van der Waals surface area (Å²) in [6.07, 6.45) is 2.75. The molecule has 3 aromatic rings. The number of carboxylic acid groups (broad SMARTS) is 1. The van der Waals surface area contributed by atoms with Gasteiger partial charge in [0.2, 0.25) is 0 Å². The standard InChI is InChI=1S/C24H24N4O3.3C2H6/c1-16-2-4-17(5-3-16)8-11-21(25)28-13-12-20(14-22(28)26)23(29)27-15-18-6-9-19(10-7-18)24(30)31;3*1-2/h2-7,9-10,12-14,25-26H,8,11,15H2,1H3,(H,27,29)(H,30,31);3*1-2H3. The molecule has 0 saturated carbocycles. The van der Waals surface area contributed by atoms with Crippen molar-refractivity contribution in [3.63, 3.8) is 0 Å². The molecule has 4 N–H and O–H groups in total. The van der Waals surface area contributed by atoms with E-state index in [1.165, 1.54) is 28.3 Å². The Bertz CT molecular complexity index is 1160. The van der Waals surface area contributed by atoms with Gasteiger partial charge in [-0.2, -0.15) is 0 Å². The molecule has 0 spiro atoms. The highest BCUT2D eigenvalue weighted by Crippen LogP contribution is 2.07. The first-order valence-corrected chi connectivity index (χ1v) is 12.8. The average molecular weight is 507 g/mol. The third-order valence-corrected chi connectivity index (χ3v) is 4.93. The zero-order valence-electron chi connectivity index (χ0n) is 23.2. The minimum absolute atomic E-state index is 0.0624. The molecule has 3 rings (SSSR count). The third kappa shape index (κ3) is 11.1. The molecule has 0 saturated heterocycles. The summed E-state index contributed by atoms with van der Waals surface area (Å²) in [5, 5.41) is 28.2. The molecule has 7 nitrogen and oxygen atoms in total. The number of pyridine rings is 1. The van der Waals surface area contributed by atoms with E-state index in [9.17, 15) is 9.59 Å². The fraction of sp³-hybridized carbons (Fsp3) is 0.333. The fourth-order valence-electron chi connectivity index (χ4n) is 3.06. The van der Waals surface area contributed by atoms with Crippen molar-refractivity contribution < 1.29 is 14.7 Å². The maximum Gasteiger partial charge on any atom is 0.335 e. The van der Waals surface area contributed by atoms with E-state index in [0.29, 0.717) is 18.4 Å². The van der Waals surface area contributed by atoms with Gasteiger partial charge in [-0.25, -0.2) is 4.79 Å². The largest absolute Gasteiger partial charge is 0.478 e. The first kappa shape index (κ1) is 33.0. The second-order valence-electron chi connectivity index (χ2n) is 7.29. The second-order valence-corrected chi connectivity index (χ2v) is 7.29. The van der Waals surface area contributed by atoms with Gasteiger partial charge in [0.05, 0.1) is 5.56 Å². The number of carbonyl (C=O) groups excluding carboxylic acids is 1. The van der Waals surface area contributed by atoms with Gasteiger partial charge in [0.1, 0.15) is 11.3 Å². The van der Waals surface area contributed by atoms with E-state index in [1.807, 2.05) is 72.7 Å². The monoisotopic (exact) mass is 506 g/mol. The van der Waals surface area contributed by atoms with Crippen LogP contribution in [0.25, 0.3) is 0 Å². The van der Waals surface area contributed by atoms with Crippen LogP contribution in [0.15, 0.2) is 66.9 Å². The van der Waals surface area contributed by atoms with Crippen LogP contribution < -0.4 is 10.8 Å². The molecule has 0 radical (unpaired) electrons. The van der Waals surface area contributed by atoms with Crippen LogP contribution in [0, 0.1) is 17.7 Å². The topological polar surface area (TPSA) is 119 Å². The van der Waals surface area contributed by atoms with E-state index in [1.54, 1.807) is 24.4 Å². The van der Waals surface area contributed by atoms with Crippen LogP contribution >= 0.6 is 0 Å². The average Bonchev–Trinajstić information content (AvgIpc) is 2.94. The van der Waals surface area contributed by atoms with Gasteiger partial charge in [-0.1, -0.05) is 83.5 Å². The summed E-state index contributed by atoms with van der Waals surface area (Å²) >= 11 is 0. The molecule has 1 aromatic heterocycles. The molecule has 1 amide bonds. The molecule has 0 bridgehead atoms. The van der Waals surface area contributed by atoms with Crippen molar-refractivity contribution in [1.29, 1.82) is 10.8 Å². The van der Waals surface area contributed by atoms with E-state index >= 15 is 0 Å². The number of nitrogens with zero attached hydrogens (tertiary/aromatic N) is 1. The summed E-state index contributed by atoms with van der Waals surface area (Å²) in [5.41, 5.74) is 3.67. The Morgan fingerprint density at radius 2 is 1.38 bits per heavy atom. The highest BCUT2D eigenvalue weighted by atomic mass is 16.4. The summed E-state index contributed by atoms with van der Waals surface area (Å²) in [6.45, 7) is 14.3. The van der Waals surface area contributed by atoms with Crippen molar-refractivity contribution in [2.75, 3.05) is 0 Å². The Labute approximate surface area is 221 Å². The van der Waals surface area contributed by atoms with Crippen molar-refractivity contribution in [3.05, 3.63) is 100 Å². The van der Waals surface area contributed by atoms with Gasteiger partial charge in [0, 0.05) is 24.7 Å². The molecule has 0 aliphatic rings. The summed E-state index contributed by atoms with van der Waals surface area (Å²) in [7, 11) is 0. The molecule has 0 aliphatic heterocycles. The van der Waals surface area contributed by atoms with E-state index in [0.717, 1.165) is 11.1 Å². The Kier molecular flexibility index (Phi) is 16.3. The van der Waals surface area contributed by atoms with E-state index < -0.39 is 5.97 Å². The zero-order valence-corrected chi connectivity index (χ0v) is 23.2. The molecular formula is C30H42N4O3. The van der Waals surface area contributed by atoms with Crippen molar-refractivity contribution in [1.82, 2.24) is 9.88 Å². The molecule has 200 valence electrons. The summed E-state index contributed by atoms with van der Waals surface area (Å²) in [4.78, 5) is 23.3. The number of amides is 1. The van der Waals surface area contributed by atoms with Gasteiger partial charge < -0.3 is 10.4 Å². The van der Waals surface area contributed by atoms with Crippen molar-refractivity contribution in [2.45, 2.75) is 67.9 Å². The molecule has 1 heterocycles. The van der Waals surface area contributed by atoms with E-state index in [-0.39, 0.29) is 29.3 Å². The van der Waals surface area contributed by atoms with Crippen LogP contribution in [0.1, 0.15) is 85.4 Å². The summed E-state index contributed by atoms with van der Waals surface area (Å²) < 4.78 is 1.45. The van der Waals surface area contributed by atoms with Crippen molar-refractivity contribution in [3.8, 4) is 0 Å². The Morgan fingerprint density at radius 1 is 0.838 bits per heavy atom. The Morgan fingerprint density at radius 3 is 1.89 bits per heavy atom. The van der Waals surface area contributed by atoms with Crippen LogP contribution in [-0.4, -0.2) is 27.4 Å². The van der Waals surface area contributed by atoms with Crippen LogP contribution in [0.2, 0.25) is 0 Å². The minimum Gasteiger partial charge on any atom is -0.478 e. The predicted octanol–water partition coefficient (Wildman–Crippen LogP) is 6.44. The van der Waals surface area contributed by atoms with Crippen LogP contribution in [0.4, 0.5) is 0 Å². The smallest absolute Gasteiger partial charge is 0.335 e. The van der Waals surface area contributed by atoms with Crippen molar-refractivity contribution >= 4 is 17.7 Å². The normalized spacial score (nSPS) is 9.27. The molecule has 37 heavy (non-hydrogen) atoms. The number of nitrogens with one attached hydrogen (secondary N) is 3. The number of aryl methyl sites for hydroxylation is 2. The number of benzene rings is 2. The number of carbonyl (C=O) groups is 2. The maximum absolute atomic E-state index is 12.4. The predicted molar refractivity (Wildman–Crippen MR) is 152 cm³/mol. The highest BCUT2D eigenvalue weighted by Gasteiger charge is 2.09. The number of aromatic nitrogens is 1. The van der Waals surface area contributed by atoms with Crippen LogP contribution in [0.5, 0.6) is 0 Å². The molecule has 7 heteroatoms. The number of aromatic carboxylic acids is 1. The van der Waals surface area contributed by atoms with Gasteiger partial charge in [-0.05, 0) is 48.7 Å². The van der Waals surface area contributed by atoms with E-state index in [2.05, 4.69) is 5.32 Å². The Balaban J connectivity index is 0.00000201. The lowest BCUT2D eigenvalue weighted by atomic mass is 10.1. The minimum atomic E-state index is -0.999. The summed E-state index contributed by atoms with van der Waals surface area (Å²) in [6, 6.07) is 17.4. The lowest BCUT2D eigenvalue weighted by Gasteiger charge is -2.11. The lowest BCUT2D eigenvalue weighted by Crippen LogP contribution is -2.29. The third-order valence-electron chi connectivity index (χ3n) is 4.93. The first-order valence-electron chi connectivity index (χ1n) is 12.8. The van der Waals surface area contributed by atoms with Gasteiger partial charge in [0.25, 0.3) is 5.91 Å². The van der Waals surface area contributed by atoms with Gasteiger partial charge in [-0.3, -0.25) is 20.2 Å². The van der Waals surface area contributed by atoms with E-state index in [4.69, 9.17) is 15.9 Å². The van der Waals surface area contributed by atoms with Crippen molar-refractivity contribution in [2.24, 2.45) is 0 Å². The Hall–Kier alpha value is -4.00. The van der Waals surface area contributed by atoms with Crippen LogP contribution in [-0.2, 0) is 13.0 Å².